The Hall–Kier alpha value is -1.80. The predicted molar refractivity (Wildman–Crippen MR) is 81.7 cm³/mol. The van der Waals surface area contributed by atoms with Crippen molar-refractivity contribution in [3.05, 3.63) is 35.7 Å². The van der Waals surface area contributed by atoms with E-state index in [1.54, 1.807) is 6.92 Å². The second-order valence-electron chi connectivity index (χ2n) is 5.88. The van der Waals surface area contributed by atoms with Gasteiger partial charge in [-0.2, -0.15) is 18.2 Å². The van der Waals surface area contributed by atoms with Crippen molar-refractivity contribution < 1.29 is 27.2 Å². The van der Waals surface area contributed by atoms with Gasteiger partial charge in [0.1, 0.15) is 9.75 Å². The van der Waals surface area contributed by atoms with Crippen LogP contribution < -0.4 is 0 Å². The van der Waals surface area contributed by atoms with Crippen LogP contribution in [0.1, 0.15) is 24.8 Å². The van der Waals surface area contributed by atoms with E-state index >= 15 is 0 Å². The molecule has 0 N–H and O–H groups in total. The first-order valence-corrected chi connectivity index (χ1v) is 7.84. The summed E-state index contributed by atoms with van der Waals surface area (Å²) in [6.45, 7) is 1.29. The van der Waals surface area contributed by atoms with Gasteiger partial charge in [-0.15, -0.1) is 23.2 Å². The van der Waals surface area contributed by atoms with Crippen molar-refractivity contribution in [2.24, 2.45) is 5.41 Å². The second kappa shape index (κ2) is 5.88. The highest BCUT2D eigenvalue weighted by Gasteiger charge is 2.69. The molecule has 1 aliphatic carbocycles. The molecule has 10 heteroatoms. The normalized spacial score (nSPS) is 21.8. The fraction of sp³-hybridized carbons (Fsp3) is 0.400. The van der Waals surface area contributed by atoms with Gasteiger partial charge in [0, 0.05) is 12.0 Å². The molecule has 1 fully saturated rings. The predicted octanol–water partition coefficient (Wildman–Crippen LogP) is 4.38. The van der Waals surface area contributed by atoms with Crippen LogP contribution in [0.4, 0.5) is 13.2 Å². The van der Waals surface area contributed by atoms with Gasteiger partial charge in [0.2, 0.25) is 5.82 Å². The van der Waals surface area contributed by atoms with E-state index in [1.165, 1.54) is 12.1 Å². The standard InChI is InChI=1S/C15H11Cl2F3N2O3/c1-13(7-14(13,16)17)12(23)24-6-10-21-11(22-25-10)8-2-4-9(5-3-8)15(18,19)20/h2-5H,6-7H2,1H3. The third-order valence-corrected chi connectivity index (χ3v) is 5.08. The summed E-state index contributed by atoms with van der Waals surface area (Å²) in [6.07, 6.45) is -4.14. The van der Waals surface area contributed by atoms with E-state index < -0.39 is 27.5 Å². The summed E-state index contributed by atoms with van der Waals surface area (Å²) < 4.78 is 46.5. The van der Waals surface area contributed by atoms with Crippen LogP contribution >= 0.6 is 23.2 Å². The Morgan fingerprint density at radius 1 is 1.32 bits per heavy atom. The summed E-state index contributed by atoms with van der Waals surface area (Å²) in [5.74, 6) is -0.504. The van der Waals surface area contributed by atoms with Gasteiger partial charge in [-0.25, -0.2) is 0 Å². The highest BCUT2D eigenvalue weighted by Crippen LogP contribution is 2.64. The number of carbonyl (C=O) groups excluding carboxylic acids is 1. The van der Waals surface area contributed by atoms with Gasteiger partial charge in [0.25, 0.3) is 5.89 Å². The molecule has 0 saturated heterocycles. The molecule has 134 valence electrons. The number of aromatic nitrogens is 2. The van der Waals surface area contributed by atoms with Crippen LogP contribution in [0.15, 0.2) is 28.8 Å². The van der Waals surface area contributed by atoms with Crippen molar-refractivity contribution >= 4 is 29.2 Å². The lowest BCUT2D eigenvalue weighted by Gasteiger charge is -2.09. The Labute approximate surface area is 150 Å². The van der Waals surface area contributed by atoms with Crippen molar-refractivity contribution in [2.75, 3.05) is 0 Å². The smallest absolute Gasteiger partial charge is 0.416 e. The Bertz CT molecular complexity index is 805. The van der Waals surface area contributed by atoms with Crippen molar-refractivity contribution in [2.45, 2.75) is 30.5 Å². The van der Waals surface area contributed by atoms with Crippen LogP contribution in [0.5, 0.6) is 0 Å². The van der Waals surface area contributed by atoms with E-state index in [1.807, 2.05) is 0 Å². The molecule has 1 aromatic heterocycles. The minimum absolute atomic E-state index is 0.00208. The van der Waals surface area contributed by atoms with Crippen LogP contribution in [-0.4, -0.2) is 20.4 Å². The molecule has 0 radical (unpaired) electrons. The molecule has 1 saturated carbocycles. The van der Waals surface area contributed by atoms with E-state index in [0.29, 0.717) is 5.56 Å². The SMILES string of the molecule is CC1(C(=O)OCc2nc(-c3ccc(C(F)(F)F)cc3)no2)CC1(Cl)Cl. The Kier molecular flexibility index (Phi) is 4.23. The average molecular weight is 395 g/mol. The summed E-state index contributed by atoms with van der Waals surface area (Å²) >= 11 is 11.8. The minimum Gasteiger partial charge on any atom is -0.455 e. The molecule has 1 unspecified atom stereocenters. The third-order valence-electron chi connectivity index (χ3n) is 3.97. The van der Waals surface area contributed by atoms with Gasteiger partial charge < -0.3 is 9.26 Å². The number of nitrogens with zero attached hydrogens (tertiary/aromatic N) is 2. The van der Waals surface area contributed by atoms with E-state index in [0.717, 1.165) is 12.1 Å². The number of rotatable bonds is 4. The van der Waals surface area contributed by atoms with Crippen LogP contribution in [0, 0.1) is 5.41 Å². The van der Waals surface area contributed by atoms with Crippen LogP contribution in [0.25, 0.3) is 11.4 Å². The number of benzene rings is 1. The number of ether oxygens (including phenoxy) is 1. The van der Waals surface area contributed by atoms with Gasteiger partial charge in [0.15, 0.2) is 6.61 Å². The van der Waals surface area contributed by atoms with Gasteiger partial charge in [-0.3, -0.25) is 4.79 Å². The molecular weight excluding hydrogens is 384 g/mol. The average Bonchev–Trinajstić information content (AvgIpc) is 2.89. The first-order chi connectivity index (χ1) is 11.5. The molecule has 0 aliphatic heterocycles. The number of hydrogen-bond donors (Lipinski definition) is 0. The number of alkyl halides is 5. The summed E-state index contributed by atoms with van der Waals surface area (Å²) in [5, 5.41) is 3.65. The van der Waals surface area contributed by atoms with Crippen molar-refractivity contribution in [3.8, 4) is 11.4 Å². The van der Waals surface area contributed by atoms with Crippen molar-refractivity contribution in [1.82, 2.24) is 10.1 Å². The summed E-state index contributed by atoms with van der Waals surface area (Å²) in [4.78, 5) is 15.9. The minimum atomic E-state index is -4.42. The van der Waals surface area contributed by atoms with Gasteiger partial charge >= 0.3 is 12.1 Å². The third kappa shape index (κ3) is 3.46. The van der Waals surface area contributed by atoms with Gasteiger partial charge in [-0.1, -0.05) is 17.3 Å². The molecule has 0 bridgehead atoms. The van der Waals surface area contributed by atoms with E-state index in [9.17, 15) is 18.0 Å². The zero-order valence-corrected chi connectivity index (χ0v) is 14.2. The highest BCUT2D eigenvalue weighted by atomic mass is 35.5. The maximum atomic E-state index is 12.5. The molecule has 2 aromatic rings. The summed E-state index contributed by atoms with van der Waals surface area (Å²) in [5.41, 5.74) is -1.42. The Morgan fingerprint density at radius 2 is 1.92 bits per heavy atom. The zero-order valence-electron chi connectivity index (χ0n) is 12.7. The second-order valence-corrected chi connectivity index (χ2v) is 7.36. The lowest BCUT2D eigenvalue weighted by Crippen LogP contribution is -2.21. The van der Waals surface area contributed by atoms with Gasteiger partial charge in [-0.05, 0) is 19.1 Å². The molecule has 3 rings (SSSR count). The molecule has 1 atom stereocenters. The molecule has 0 spiro atoms. The summed E-state index contributed by atoms with van der Waals surface area (Å²) in [6, 6.07) is 4.29. The zero-order chi connectivity index (χ0) is 18.5. The van der Waals surface area contributed by atoms with E-state index in [-0.39, 0.29) is 24.7 Å². The molecule has 1 aliphatic rings. The van der Waals surface area contributed by atoms with Crippen molar-refractivity contribution in [3.63, 3.8) is 0 Å². The van der Waals surface area contributed by atoms with Crippen LogP contribution in [0.3, 0.4) is 0 Å². The maximum absolute atomic E-state index is 12.5. The lowest BCUT2D eigenvalue weighted by atomic mass is 10.1. The van der Waals surface area contributed by atoms with E-state index in [2.05, 4.69) is 10.1 Å². The first-order valence-electron chi connectivity index (χ1n) is 7.08. The molecule has 5 nitrogen and oxygen atoms in total. The number of halogens is 5. The number of carbonyl (C=O) groups is 1. The molecule has 1 aromatic carbocycles. The largest absolute Gasteiger partial charge is 0.455 e. The fourth-order valence-electron chi connectivity index (χ4n) is 2.15. The Balaban J connectivity index is 1.64. The highest BCUT2D eigenvalue weighted by molar-refractivity contribution is 6.53. The van der Waals surface area contributed by atoms with Gasteiger partial charge in [0.05, 0.1) is 5.56 Å². The van der Waals surface area contributed by atoms with Crippen molar-refractivity contribution in [1.29, 1.82) is 0 Å². The quantitative estimate of drug-likeness (QED) is 0.568. The van der Waals surface area contributed by atoms with Crippen LogP contribution in [0.2, 0.25) is 0 Å². The Morgan fingerprint density at radius 3 is 2.44 bits per heavy atom. The fourth-order valence-corrected chi connectivity index (χ4v) is 2.84. The lowest BCUT2D eigenvalue weighted by molar-refractivity contribution is -0.151. The topological polar surface area (TPSA) is 65.2 Å². The summed E-state index contributed by atoms with van der Waals surface area (Å²) in [7, 11) is 0. The van der Waals surface area contributed by atoms with E-state index in [4.69, 9.17) is 32.5 Å². The number of esters is 1. The first kappa shape index (κ1) is 18.0. The molecule has 0 amide bonds. The maximum Gasteiger partial charge on any atom is 0.416 e. The monoisotopic (exact) mass is 394 g/mol. The van der Waals surface area contributed by atoms with Crippen LogP contribution in [-0.2, 0) is 22.3 Å². The number of hydrogen-bond acceptors (Lipinski definition) is 5. The molecule has 25 heavy (non-hydrogen) atoms. The molecule has 1 heterocycles. The molecular formula is C15H11Cl2F3N2O3.